The number of imidazole rings is 1. The van der Waals surface area contributed by atoms with Crippen LogP contribution in [-0.2, 0) is 11.3 Å². The Labute approximate surface area is 147 Å². The summed E-state index contributed by atoms with van der Waals surface area (Å²) < 4.78 is 8.13. The predicted octanol–water partition coefficient (Wildman–Crippen LogP) is 4.34. The molecular formula is C17H21Cl2N3O. The molecule has 3 rings (SSSR count). The summed E-state index contributed by atoms with van der Waals surface area (Å²) in [6.45, 7) is 7.68. The Hall–Kier alpha value is -1.07. The van der Waals surface area contributed by atoms with Gasteiger partial charge in [-0.2, -0.15) is 0 Å². The molecule has 1 atom stereocenters. The second kappa shape index (κ2) is 7.22. The molecule has 2 aromatic rings. The Balaban J connectivity index is 1.70. The molecule has 2 heterocycles. The van der Waals surface area contributed by atoms with Gasteiger partial charge in [0.2, 0.25) is 0 Å². The van der Waals surface area contributed by atoms with Gasteiger partial charge < -0.3 is 9.30 Å². The summed E-state index contributed by atoms with van der Waals surface area (Å²) in [6, 6.07) is 6.13. The molecule has 0 amide bonds. The number of hydrogen-bond donors (Lipinski definition) is 0. The highest BCUT2D eigenvalue weighted by molar-refractivity contribution is 6.42. The Morgan fingerprint density at radius 3 is 2.87 bits per heavy atom. The molecule has 0 N–H and O–H groups in total. The zero-order valence-corrected chi connectivity index (χ0v) is 14.9. The largest absolute Gasteiger partial charge is 0.371 e. The third-order valence-corrected chi connectivity index (χ3v) is 4.89. The summed E-state index contributed by atoms with van der Waals surface area (Å²) in [6.07, 6.45) is 3.87. The molecule has 1 aromatic heterocycles. The van der Waals surface area contributed by atoms with Crippen molar-refractivity contribution < 1.29 is 4.74 Å². The van der Waals surface area contributed by atoms with Crippen LogP contribution in [0.3, 0.4) is 0 Å². The third-order valence-electron chi connectivity index (χ3n) is 4.15. The maximum atomic E-state index is 6.13. The van der Waals surface area contributed by atoms with Crippen LogP contribution < -0.4 is 0 Å². The van der Waals surface area contributed by atoms with Crippen LogP contribution in [0.1, 0.15) is 37.3 Å². The molecule has 6 heteroatoms. The molecule has 1 fully saturated rings. The molecule has 1 aliphatic heterocycles. The summed E-state index contributed by atoms with van der Waals surface area (Å²) in [5.74, 6) is 0. The second-order valence-corrected chi connectivity index (χ2v) is 6.97. The van der Waals surface area contributed by atoms with E-state index in [9.17, 15) is 0 Å². The number of aromatic nitrogens is 2. The lowest BCUT2D eigenvalue weighted by Gasteiger charge is -2.33. The van der Waals surface area contributed by atoms with Crippen molar-refractivity contribution >= 4 is 23.2 Å². The second-order valence-electron chi connectivity index (χ2n) is 6.15. The monoisotopic (exact) mass is 353 g/mol. The van der Waals surface area contributed by atoms with Crippen molar-refractivity contribution in [3.05, 3.63) is 52.0 Å². The summed E-state index contributed by atoms with van der Waals surface area (Å²) >= 11 is 12.1. The van der Waals surface area contributed by atoms with E-state index in [4.69, 9.17) is 27.9 Å². The first kappa shape index (κ1) is 16.8. The van der Waals surface area contributed by atoms with Gasteiger partial charge in [0.05, 0.1) is 34.8 Å². The Morgan fingerprint density at radius 1 is 1.30 bits per heavy atom. The van der Waals surface area contributed by atoms with Crippen LogP contribution in [0, 0.1) is 0 Å². The van der Waals surface area contributed by atoms with Crippen LogP contribution in [0.25, 0.3) is 0 Å². The Bertz CT molecular complexity index is 672. The smallest absolute Gasteiger partial charge is 0.0953 e. The zero-order valence-electron chi connectivity index (χ0n) is 13.4. The highest BCUT2D eigenvalue weighted by atomic mass is 35.5. The van der Waals surface area contributed by atoms with Gasteiger partial charge in [-0.25, -0.2) is 4.98 Å². The van der Waals surface area contributed by atoms with Crippen molar-refractivity contribution in [3.8, 4) is 0 Å². The number of halogens is 2. The summed E-state index contributed by atoms with van der Waals surface area (Å²) in [7, 11) is 0. The molecule has 0 radical (unpaired) electrons. The first-order valence-corrected chi connectivity index (χ1v) is 8.60. The molecule has 0 saturated carbocycles. The molecule has 1 unspecified atom stereocenters. The van der Waals surface area contributed by atoms with Gasteiger partial charge in [0, 0.05) is 31.9 Å². The maximum absolute atomic E-state index is 6.13. The summed E-state index contributed by atoms with van der Waals surface area (Å²) in [5.41, 5.74) is 2.30. The molecule has 23 heavy (non-hydrogen) atoms. The molecule has 0 spiro atoms. The van der Waals surface area contributed by atoms with Crippen LogP contribution in [0.15, 0.2) is 30.7 Å². The predicted molar refractivity (Wildman–Crippen MR) is 93.0 cm³/mol. The standard InChI is InChI=1S/C17H21Cl2N3O/c1-12(2)22-11-20-8-14(22)9-21-5-6-23-17(10-21)13-3-4-15(18)16(19)7-13/h3-4,7-8,11-12,17H,5-6,9-10H2,1-2H3. The fourth-order valence-corrected chi connectivity index (χ4v) is 3.22. The van der Waals surface area contributed by atoms with Crippen molar-refractivity contribution in [1.82, 2.24) is 14.5 Å². The average Bonchev–Trinajstić information content (AvgIpc) is 2.98. The van der Waals surface area contributed by atoms with Gasteiger partial charge in [-0.3, -0.25) is 4.90 Å². The highest BCUT2D eigenvalue weighted by Crippen LogP contribution is 2.29. The van der Waals surface area contributed by atoms with Gasteiger partial charge in [-0.15, -0.1) is 0 Å². The van der Waals surface area contributed by atoms with Crippen molar-refractivity contribution in [2.45, 2.75) is 32.5 Å². The number of rotatable bonds is 4. The number of nitrogens with zero attached hydrogens (tertiary/aromatic N) is 3. The van der Waals surface area contributed by atoms with Crippen LogP contribution >= 0.6 is 23.2 Å². The lowest BCUT2D eigenvalue weighted by Crippen LogP contribution is -2.38. The fraction of sp³-hybridized carbons (Fsp3) is 0.471. The molecule has 1 aromatic carbocycles. The number of ether oxygens (including phenoxy) is 1. The van der Waals surface area contributed by atoms with Crippen LogP contribution in [0.4, 0.5) is 0 Å². The molecular weight excluding hydrogens is 333 g/mol. The van der Waals surface area contributed by atoms with Crippen molar-refractivity contribution in [3.63, 3.8) is 0 Å². The van der Waals surface area contributed by atoms with E-state index in [1.54, 1.807) is 0 Å². The Kier molecular flexibility index (Phi) is 5.27. The quantitative estimate of drug-likeness (QED) is 0.818. The normalized spacial score (nSPS) is 19.4. The minimum absolute atomic E-state index is 0.0222. The first-order valence-electron chi connectivity index (χ1n) is 7.84. The van der Waals surface area contributed by atoms with E-state index >= 15 is 0 Å². The van der Waals surface area contributed by atoms with Crippen LogP contribution in [0.2, 0.25) is 10.0 Å². The van der Waals surface area contributed by atoms with E-state index in [0.717, 1.165) is 25.2 Å². The first-order chi connectivity index (χ1) is 11.0. The van der Waals surface area contributed by atoms with Gasteiger partial charge in [-0.1, -0.05) is 29.3 Å². The minimum Gasteiger partial charge on any atom is -0.371 e. The molecule has 0 aliphatic carbocycles. The topological polar surface area (TPSA) is 30.3 Å². The van der Waals surface area contributed by atoms with E-state index in [1.807, 2.05) is 30.7 Å². The highest BCUT2D eigenvalue weighted by Gasteiger charge is 2.23. The number of morpholine rings is 1. The van der Waals surface area contributed by atoms with E-state index in [1.165, 1.54) is 5.69 Å². The lowest BCUT2D eigenvalue weighted by molar-refractivity contribution is -0.0336. The zero-order chi connectivity index (χ0) is 16.4. The van der Waals surface area contributed by atoms with Gasteiger partial charge >= 0.3 is 0 Å². The van der Waals surface area contributed by atoms with Crippen molar-refractivity contribution in [2.24, 2.45) is 0 Å². The molecule has 1 saturated heterocycles. The third kappa shape index (κ3) is 3.89. The number of benzene rings is 1. The fourth-order valence-electron chi connectivity index (χ4n) is 2.91. The Morgan fingerprint density at radius 2 is 2.13 bits per heavy atom. The van der Waals surface area contributed by atoms with Crippen LogP contribution in [0.5, 0.6) is 0 Å². The molecule has 124 valence electrons. The van der Waals surface area contributed by atoms with E-state index in [0.29, 0.717) is 22.7 Å². The molecule has 1 aliphatic rings. The van der Waals surface area contributed by atoms with Gasteiger partial charge in [-0.05, 0) is 31.5 Å². The summed E-state index contributed by atoms with van der Waals surface area (Å²) in [5, 5.41) is 1.15. The molecule has 4 nitrogen and oxygen atoms in total. The maximum Gasteiger partial charge on any atom is 0.0953 e. The molecule has 0 bridgehead atoms. The van der Waals surface area contributed by atoms with Crippen molar-refractivity contribution in [2.75, 3.05) is 19.7 Å². The minimum atomic E-state index is 0.0222. The average molecular weight is 354 g/mol. The van der Waals surface area contributed by atoms with Gasteiger partial charge in [0.15, 0.2) is 0 Å². The SMILES string of the molecule is CC(C)n1cncc1CN1CCOC(c2ccc(Cl)c(Cl)c2)C1. The van der Waals surface area contributed by atoms with Gasteiger partial charge in [0.1, 0.15) is 0 Å². The van der Waals surface area contributed by atoms with E-state index in [2.05, 4.69) is 28.3 Å². The summed E-state index contributed by atoms with van der Waals surface area (Å²) in [4.78, 5) is 6.68. The van der Waals surface area contributed by atoms with Gasteiger partial charge in [0.25, 0.3) is 0 Å². The van der Waals surface area contributed by atoms with Crippen molar-refractivity contribution in [1.29, 1.82) is 0 Å². The van der Waals surface area contributed by atoms with Crippen LogP contribution in [-0.4, -0.2) is 34.1 Å². The number of hydrogen-bond acceptors (Lipinski definition) is 3. The van der Waals surface area contributed by atoms with E-state index < -0.39 is 0 Å². The van der Waals surface area contributed by atoms with E-state index in [-0.39, 0.29) is 6.10 Å². The lowest BCUT2D eigenvalue weighted by atomic mass is 10.1.